The largest absolute Gasteiger partial charge is 0.454 e. The Morgan fingerprint density at radius 3 is 2.41 bits per heavy atom. The summed E-state index contributed by atoms with van der Waals surface area (Å²) in [6, 6.07) is 2.29. The number of hydrogen-bond acceptors (Lipinski definition) is 3. The van der Waals surface area contributed by atoms with Crippen LogP contribution in [-0.2, 0) is 12.6 Å². The van der Waals surface area contributed by atoms with Crippen molar-refractivity contribution in [3.05, 3.63) is 23.3 Å². The molecule has 3 nitrogen and oxygen atoms in total. The Bertz CT molecular complexity index is 415. The first-order valence-electron chi connectivity index (χ1n) is 5.13. The van der Waals surface area contributed by atoms with E-state index < -0.39 is 11.7 Å². The van der Waals surface area contributed by atoms with E-state index in [0.29, 0.717) is 5.75 Å². The maximum atomic E-state index is 12.8. The number of benzene rings is 1. The normalized spacial score (nSPS) is 14.1. The van der Waals surface area contributed by atoms with E-state index in [9.17, 15) is 13.2 Å². The first kappa shape index (κ1) is 12.0. The van der Waals surface area contributed by atoms with Gasteiger partial charge in [0, 0.05) is 6.61 Å². The highest BCUT2D eigenvalue weighted by molar-refractivity contribution is 5.49. The van der Waals surface area contributed by atoms with Crippen LogP contribution in [0.25, 0.3) is 0 Å². The van der Waals surface area contributed by atoms with Crippen molar-refractivity contribution in [3.8, 4) is 11.5 Å². The summed E-state index contributed by atoms with van der Waals surface area (Å²) in [4.78, 5) is 0. The summed E-state index contributed by atoms with van der Waals surface area (Å²) in [6.07, 6.45) is -3.99. The van der Waals surface area contributed by atoms with Crippen LogP contribution in [0.1, 0.15) is 17.5 Å². The van der Waals surface area contributed by atoms with Crippen molar-refractivity contribution in [2.24, 2.45) is 0 Å². The van der Waals surface area contributed by atoms with Gasteiger partial charge in [-0.3, -0.25) is 0 Å². The Hall–Kier alpha value is -1.43. The summed E-state index contributed by atoms with van der Waals surface area (Å²) in [6.45, 7) is -0.207. The molecule has 1 heterocycles. The van der Waals surface area contributed by atoms with Crippen LogP contribution in [0.3, 0.4) is 0 Å². The zero-order valence-corrected chi connectivity index (χ0v) is 8.88. The van der Waals surface area contributed by atoms with E-state index in [4.69, 9.17) is 14.6 Å². The lowest BCUT2D eigenvalue weighted by atomic mass is 10.0. The Morgan fingerprint density at radius 1 is 1.18 bits per heavy atom. The van der Waals surface area contributed by atoms with E-state index in [-0.39, 0.29) is 37.6 Å². The molecule has 0 amide bonds. The third kappa shape index (κ3) is 2.46. The molecule has 2 rings (SSSR count). The van der Waals surface area contributed by atoms with Crippen LogP contribution in [-0.4, -0.2) is 18.5 Å². The summed E-state index contributed by atoms with van der Waals surface area (Å²) >= 11 is 0. The van der Waals surface area contributed by atoms with Gasteiger partial charge in [0.25, 0.3) is 0 Å². The number of ether oxygens (including phenoxy) is 2. The smallest absolute Gasteiger partial charge is 0.416 e. The second kappa shape index (κ2) is 4.44. The molecule has 1 aromatic rings. The lowest BCUT2D eigenvalue weighted by molar-refractivity contribution is -0.138. The van der Waals surface area contributed by atoms with Crippen molar-refractivity contribution in [3.63, 3.8) is 0 Å². The predicted molar refractivity (Wildman–Crippen MR) is 53.0 cm³/mol. The van der Waals surface area contributed by atoms with E-state index in [2.05, 4.69) is 0 Å². The van der Waals surface area contributed by atoms with Crippen molar-refractivity contribution in [2.75, 3.05) is 13.4 Å². The molecule has 0 fully saturated rings. The van der Waals surface area contributed by atoms with Gasteiger partial charge >= 0.3 is 6.18 Å². The lowest BCUT2D eigenvalue weighted by Gasteiger charge is -2.13. The van der Waals surface area contributed by atoms with Crippen LogP contribution in [0.4, 0.5) is 13.2 Å². The van der Waals surface area contributed by atoms with Gasteiger partial charge < -0.3 is 14.6 Å². The molecule has 1 aromatic carbocycles. The van der Waals surface area contributed by atoms with Crippen molar-refractivity contribution >= 4 is 0 Å². The molecule has 0 spiro atoms. The predicted octanol–water partition coefficient (Wildman–Crippen LogP) is 2.36. The highest BCUT2D eigenvalue weighted by Crippen LogP contribution is 2.41. The average molecular weight is 248 g/mol. The van der Waals surface area contributed by atoms with Crippen LogP contribution in [0.15, 0.2) is 12.1 Å². The maximum absolute atomic E-state index is 12.8. The molecule has 6 heteroatoms. The van der Waals surface area contributed by atoms with E-state index in [1.165, 1.54) is 6.07 Å². The molecule has 1 aliphatic rings. The zero-order chi connectivity index (χ0) is 12.5. The van der Waals surface area contributed by atoms with Crippen LogP contribution >= 0.6 is 0 Å². The first-order chi connectivity index (χ1) is 8.02. The van der Waals surface area contributed by atoms with Crippen LogP contribution in [0.5, 0.6) is 11.5 Å². The summed E-state index contributed by atoms with van der Waals surface area (Å²) in [5, 5.41) is 8.68. The van der Waals surface area contributed by atoms with Crippen LogP contribution < -0.4 is 9.47 Å². The number of hydrogen-bond donors (Lipinski definition) is 1. The van der Waals surface area contributed by atoms with Crippen molar-refractivity contribution in [2.45, 2.75) is 19.0 Å². The summed E-state index contributed by atoms with van der Waals surface area (Å²) < 4.78 is 48.3. The Balaban J connectivity index is 2.40. The minimum atomic E-state index is -4.42. The second-order valence-electron chi connectivity index (χ2n) is 3.69. The highest BCUT2D eigenvalue weighted by atomic mass is 19.4. The second-order valence-corrected chi connectivity index (χ2v) is 3.69. The maximum Gasteiger partial charge on any atom is 0.416 e. The molecule has 0 bridgehead atoms. The topological polar surface area (TPSA) is 38.7 Å². The molecule has 0 unspecified atom stereocenters. The minimum absolute atomic E-state index is 0.0594. The fourth-order valence-electron chi connectivity index (χ4n) is 1.72. The molecule has 1 N–H and O–H groups in total. The molecule has 0 atom stereocenters. The number of aliphatic hydroxyl groups is 1. The summed E-state index contributed by atoms with van der Waals surface area (Å²) in [5.41, 5.74) is -0.606. The summed E-state index contributed by atoms with van der Waals surface area (Å²) in [5.74, 6) is 0.441. The Labute approximate surface area is 95.8 Å². The van der Waals surface area contributed by atoms with Gasteiger partial charge in [-0.15, -0.1) is 0 Å². The number of alkyl halides is 3. The van der Waals surface area contributed by atoms with Gasteiger partial charge in [0.15, 0.2) is 11.5 Å². The fourth-order valence-corrected chi connectivity index (χ4v) is 1.72. The molecule has 0 saturated heterocycles. The number of aliphatic hydroxyl groups excluding tert-OH is 1. The number of halogens is 3. The van der Waals surface area contributed by atoms with Gasteiger partial charge in [-0.2, -0.15) is 13.2 Å². The molecule has 0 saturated carbocycles. The van der Waals surface area contributed by atoms with Gasteiger partial charge in [-0.25, -0.2) is 0 Å². The molecule has 0 radical (unpaired) electrons. The van der Waals surface area contributed by atoms with Crippen LogP contribution in [0.2, 0.25) is 0 Å². The highest BCUT2D eigenvalue weighted by Gasteiger charge is 2.35. The van der Waals surface area contributed by atoms with Gasteiger partial charge in [-0.05, 0) is 30.5 Å². The van der Waals surface area contributed by atoms with Crippen molar-refractivity contribution in [1.29, 1.82) is 0 Å². The Morgan fingerprint density at radius 2 is 1.82 bits per heavy atom. The van der Waals surface area contributed by atoms with Gasteiger partial charge in [0.05, 0.1) is 5.56 Å². The van der Waals surface area contributed by atoms with E-state index in [1.807, 2.05) is 0 Å². The van der Waals surface area contributed by atoms with Crippen LogP contribution in [0, 0.1) is 0 Å². The molecule has 17 heavy (non-hydrogen) atoms. The molecule has 0 aliphatic carbocycles. The van der Waals surface area contributed by atoms with E-state index in [1.54, 1.807) is 0 Å². The van der Waals surface area contributed by atoms with Gasteiger partial charge in [0.1, 0.15) is 0 Å². The third-order valence-electron chi connectivity index (χ3n) is 2.51. The van der Waals surface area contributed by atoms with Gasteiger partial charge in [-0.1, -0.05) is 0 Å². The molecule has 1 aliphatic heterocycles. The molecular weight excluding hydrogens is 237 g/mol. The molecule has 94 valence electrons. The number of aryl methyl sites for hydroxylation is 1. The molecule has 0 aromatic heterocycles. The monoisotopic (exact) mass is 248 g/mol. The van der Waals surface area contributed by atoms with Crippen molar-refractivity contribution < 1.29 is 27.8 Å². The average Bonchev–Trinajstić information content (AvgIpc) is 2.70. The van der Waals surface area contributed by atoms with Gasteiger partial charge in [0.2, 0.25) is 6.79 Å². The SMILES string of the molecule is OCCCc1cc2c(cc1C(F)(F)F)OCO2. The fraction of sp³-hybridized carbons (Fsp3) is 0.455. The number of rotatable bonds is 3. The third-order valence-corrected chi connectivity index (χ3v) is 2.51. The van der Waals surface area contributed by atoms with Crippen molar-refractivity contribution in [1.82, 2.24) is 0 Å². The lowest BCUT2D eigenvalue weighted by Crippen LogP contribution is -2.09. The quantitative estimate of drug-likeness (QED) is 0.892. The number of fused-ring (bicyclic) bond motifs is 1. The summed E-state index contributed by atoms with van der Waals surface area (Å²) in [7, 11) is 0. The zero-order valence-electron chi connectivity index (χ0n) is 8.88. The standard InChI is InChI=1S/C11H11F3O3/c12-11(13,14)8-5-10-9(16-6-17-10)4-7(8)2-1-3-15/h4-5,15H,1-3,6H2. The first-order valence-corrected chi connectivity index (χ1v) is 5.13. The Kier molecular flexibility index (Phi) is 3.15. The molecular formula is C11H11F3O3. The van der Waals surface area contributed by atoms with E-state index in [0.717, 1.165) is 6.07 Å². The minimum Gasteiger partial charge on any atom is -0.454 e. The van der Waals surface area contributed by atoms with E-state index >= 15 is 0 Å².